The summed E-state index contributed by atoms with van der Waals surface area (Å²) in [5, 5.41) is 0. The van der Waals surface area contributed by atoms with Crippen LogP contribution in [0.3, 0.4) is 0 Å². The summed E-state index contributed by atoms with van der Waals surface area (Å²) in [6.07, 6.45) is 5.24. The zero-order valence-corrected chi connectivity index (χ0v) is 14.6. The summed E-state index contributed by atoms with van der Waals surface area (Å²) < 4.78 is 1.66. The minimum absolute atomic E-state index is 0.0696. The number of hydrogen-bond donors (Lipinski definition) is 0. The highest BCUT2D eigenvalue weighted by atomic mass is 16.2. The molecule has 0 bridgehead atoms. The highest BCUT2D eigenvalue weighted by Gasteiger charge is 2.29. The van der Waals surface area contributed by atoms with Gasteiger partial charge in [0, 0.05) is 64.8 Å². The summed E-state index contributed by atoms with van der Waals surface area (Å²) in [4.78, 5) is 35.3. The summed E-state index contributed by atoms with van der Waals surface area (Å²) >= 11 is 0. The van der Waals surface area contributed by atoms with Gasteiger partial charge < -0.3 is 14.4 Å². The maximum absolute atomic E-state index is 12.4. The molecule has 7 heteroatoms. The number of likely N-dealkylation sites (N-methyl/N-ethyl adjacent to an activating group) is 1. The first kappa shape index (κ1) is 17.1. The second-order valence-electron chi connectivity index (χ2n) is 6.91. The van der Waals surface area contributed by atoms with Crippen LogP contribution in [-0.4, -0.2) is 88.3 Å². The van der Waals surface area contributed by atoms with E-state index in [-0.39, 0.29) is 18.1 Å². The fraction of sp³-hybridized carbons (Fsp3) is 0.706. The number of piperidine rings is 1. The first-order valence-corrected chi connectivity index (χ1v) is 8.75. The second kappa shape index (κ2) is 7.44. The van der Waals surface area contributed by atoms with Crippen molar-refractivity contribution in [2.45, 2.75) is 25.3 Å². The largest absolute Gasteiger partial charge is 0.342 e. The number of rotatable bonds is 4. The molecule has 1 amide bonds. The van der Waals surface area contributed by atoms with Crippen LogP contribution >= 0.6 is 0 Å². The topological polar surface area (TPSA) is 61.7 Å². The number of ketones is 1. The fourth-order valence-corrected chi connectivity index (χ4v) is 3.63. The van der Waals surface area contributed by atoms with Crippen LogP contribution in [0.25, 0.3) is 0 Å². The number of Topliss-reactive ketones (excluding diaryl/α,β-unsaturated/α-hetero) is 1. The Labute approximate surface area is 143 Å². The van der Waals surface area contributed by atoms with Crippen LogP contribution in [0.1, 0.15) is 29.9 Å². The number of carbonyl (C=O) groups is 2. The lowest BCUT2D eigenvalue weighted by atomic mass is 10.0. The summed E-state index contributed by atoms with van der Waals surface area (Å²) in [7, 11) is 3.93. The third-order valence-corrected chi connectivity index (χ3v) is 5.25. The molecule has 1 aromatic heterocycles. The molecule has 0 aromatic carbocycles. The molecule has 1 aromatic rings. The van der Waals surface area contributed by atoms with Gasteiger partial charge in [-0.2, -0.15) is 0 Å². The molecule has 0 saturated carbocycles. The Morgan fingerprint density at radius 2 is 1.75 bits per heavy atom. The van der Waals surface area contributed by atoms with E-state index in [4.69, 9.17) is 0 Å². The van der Waals surface area contributed by atoms with Gasteiger partial charge in [0.05, 0.1) is 6.42 Å². The Bertz CT molecular complexity index is 584. The maximum Gasteiger partial charge on any atom is 0.230 e. The second-order valence-corrected chi connectivity index (χ2v) is 6.91. The zero-order valence-electron chi connectivity index (χ0n) is 14.6. The fourth-order valence-electron chi connectivity index (χ4n) is 3.63. The highest BCUT2D eigenvalue weighted by Crippen LogP contribution is 2.19. The van der Waals surface area contributed by atoms with Gasteiger partial charge in [-0.15, -0.1) is 0 Å². The lowest BCUT2D eigenvalue weighted by Gasteiger charge is -2.42. The molecule has 3 rings (SSSR count). The van der Waals surface area contributed by atoms with Crippen LogP contribution < -0.4 is 0 Å². The number of amides is 1. The van der Waals surface area contributed by atoms with E-state index >= 15 is 0 Å². The quantitative estimate of drug-likeness (QED) is 0.583. The third-order valence-electron chi connectivity index (χ3n) is 5.25. The average molecular weight is 333 g/mol. The maximum atomic E-state index is 12.4. The van der Waals surface area contributed by atoms with Crippen molar-refractivity contribution >= 4 is 11.7 Å². The van der Waals surface area contributed by atoms with Gasteiger partial charge in [0.1, 0.15) is 0 Å². The third kappa shape index (κ3) is 3.84. The number of aromatic nitrogens is 2. The van der Waals surface area contributed by atoms with Gasteiger partial charge in [-0.25, -0.2) is 4.98 Å². The summed E-state index contributed by atoms with van der Waals surface area (Å²) in [6.45, 7) is 5.99. The van der Waals surface area contributed by atoms with E-state index in [1.807, 2.05) is 4.90 Å². The molecule has 2 aliphatic rings. The molecular weight excluding hydrogens is 306 g/mol. The molecule has 24 heavy (non-hydrogen) atoms. The van der Waals surface area contributed by atoms with Crippen LogP contribution in [0.5, 0.6) is 0 Å². The van der Waals surface area contributed by atoms with E-state index in [9.17, 15) is 9.59 Å². The molecular formula is C17H27N5O2. The summed E-state index contributed by atoms with van der Waals surface area (Å²) in [5.74, 6) is 0.0872. The van der Waals surface area contributed by atoms with Crippen LogP contribution in [0.2, 0.25) is 0 Å². The molecule has 0 radical (unpaired) electrons. The Morgan fingerprint density at radius 3 is 2.33 bits per heavy atom. The van der Waals surface area contributed by atoms with Crippen molar-refractivity contribution in [3.05, 3.63) is 18.2 Å². The van der Waals surface area contributed by atoms with Gasteiger partial charge in [-0.1, -0.05) is 0 Å². The lowest BCUT2D eigenvalue weighted by molar-refractivity contribution is -0.131. The number of imidazole rings is 1. The number of nitrogens with zero attached hydrogens (tertiary/aromatic N) is 5. The molecule has 2 aliphatic heterocycles. The molecule has 2 saturated heterocycles. The first-order valence-electron chi connectivity index (χ1n) is 8.75. The van der Waals surface area contributed by atoms with Crippen molar-refractivity contribution in [1.29, 1.82) is 0 Å². The van der Waals surface area contributed by atoms with Crippen molar-refractivity contribution in [3.8, 4) is 0 Å². The van der Waals surface area contributed by atoms with Crippen LogP contribution in [-0.2, 0) is 11.8 Å². The van der Waals surface area contributed by atoms with Gasteiger partial charge in [0.15, 0.2) is 5.82 Å². The number of hydrogen-bond acceptors (Lipinski definition) is 5. The molecule has 132 valence electrons. The van der Waals surface area contributed by atoms with Crippen molar-refractivity contribution in [2.75, 3.05) is 46.3 Å². The van der Waals surface area contributed by atoms with Crippen LogP contribution in [0.4, 0.5) is 0 Å². The van der Waals surface area contributed by atoms with Crippen LogP contribution in [0.15, 0.2) is 12.4 Å². The number of carbonyl (C=O) groups excluding carboxylic acids is 2. The Balaban J connectivity index is 1.47. The SMILES string of the molecule is CN1CCN(C2CCN(C(=O)CC(=O)c3nccn3C)CC2)CC1. The number of aryl methyl sites for hydroxylation is 1. The van der Waals surface area contributed by atoms with Crippen molar-refractivity contribution in [3.63, 3.8) is 0 Å². The van der Waals surface area contributed by atoms with E-state index in [0.29, 0.717) is 11.9 Å². The molecule has 7 nitrogen and oxygen atoms in total. The van der Waals surface area contributed by atoms with E-state index in [0.717, 1.165) is 52.1 Å². The summed E-state index contributed by atoms with van der Waals surface area (Å²) in [6, 6.07) is 0.577. The van der Waals surface area contributed by atoms with Gasteiger partial charge in [-0.05, 0) is 19.9 Å². The standard InChI is InChI=1S/C17H27N5O2/c1-19-9-11-21(12-10-19)14-3-6-22(7-4-14)16(24)13-15(23)17-18-5-8-20(17)2/h5,8,14H,3-4,6-7,9-13H2,1-2H3. The van der Waals surface area contributed by atoms with Crippen molar-refractivity contribution < 1.29 is 9.59 Å². The molecule has 0 N–H and O–H groups in total. The highest BCUT2D eigenvalue weighted by molar-refractivity contribution is 6.05. The molecule has 0 aliphatic carbocycles. The van der Waals surface area contributed by atoms with E-state index in [1.165, 1.54) is 0 Å². The molecule has 0 spiro atoms. The predicted molar refractivity (Wildman–Crippen MR) is 90.8 cm³/mol. The lowest BCUT2D eigenvalue weighted by Crippen LogP contribution is -2.53. The van der Waals surface area contributed by atoms with E-state index in [2.05, 4.69) is 21.8 Å². The van der Waals surface area contributed by atoms with Gasteiger partial charge >= 0.3 is 0 Å². The van der Waals surface area contributed by atoms with Crippen molar-refractivity contribution in [2.24, 2.45) is 7.05 Å². The van der Waals surface area contributed by atoms with E-state index in [1.54, 1.807) is 24.0 Å². The minimum atomic E-state index is -0.200. The Morgan fingerprint density at radius 1 is 1.08 bits per heavy atom. The van der Waals surface area contributed by atoms with Crippen LogP contribution in [0, 0.1) is 0 Å². The van der Waals surface area contributed by atoms with E-state index < -0.39 is 0 Å². The van der Waals surface area contributed by atoms with Gasteiger partial charge in [0.2, 0.25) is 11.7 Å². The first-order chi connectivity index (χ1) is 11.5. The zero-order chi connectivity index (χ0) is 17.1. The monoisotopic (exact) mass is 333 g/mol. The predicted octanol–water partition coefficient (Wildman–Crippen LogP) is 0.231. The Hall–Kier alpha value is -1.73. The number of piperazine rings is 1. The Kier molecular flexibility index (Phi) is 5.30. The van der Waals surface area contributed by atoms with Gasteiger partial charge in [0.25, 0.3) is 0 Å². The van der Waals surface area contributed by atoms with Crippen molar-refractivity contribution in [1.82, 2.24) is 24.3 Å². The summed E-state index contributed by atoms with van der Waals surface area (Å²) in [5.41, 5.74) is 0. The minimum Gasteiger partial charge on any atom is -0.342 e. The average Bonchev–Trinajstić information content (AvgIpc) is 3.02. The molecule has 0 atom stereocenters. The number of likely N-dealkylation sites (tertiary alicyclic amines) is 1. The smallest absolute Gasteiger partial charge is 0.230 e. The normalized spacial score (nSPS) is 21.2. The molecule has 2 fully saturated rings. The molecule has 0 unspecified atom stereocenters. The molecule has 3 heterocycles. The van der Waals surface area contributed by atoms with Gasteiger partial charge in [-0.3, -0.25) is 14.5 Å².